The van der Waals surface area contributed by atoms with Gasteiger partial charge < -0.3 is 10.3 Å². The van der Waals surface area contributed by atoms with E-state index in [1.165, 1.54) is 0 Å². The summed E-state index contributed by atoms with van der Waals surface area (Å²) >= 11 is 0. The normalized spacial score (nSPS) is 10.7. The molecule has 20 heavy (non-hydrogen) atoms. The number of amides is 1. The van der Waals surface area contributed by atoms with Crippen LogP contribution in [-0.2, 0) is 11.2 Å². The number of aromatic nitrogens is 2. The van der Waals surface area contributed by atoms with Gasteiger partial charge in [0.2, 0.25) is 5.91 Å². The molecule has 0 aliphatic rings. The van der Waals surface area contributed by atoms with Crippen molar-refractivity contribution in [1.29, 1.82) is 0 Å². The van der Waals surface area contributed by atoms with Crippen LogP contribution < -0.4 is 5.32 Å². The fraction of sp³-hybridized carbons (Fsp3) is 0.125. The number of fused-ring (bicyclic) bond motifs is 1. The predicted molar refractivity (Wildman–Crippen MR) is 79.6 cm³/mol. The zero-order valence-electron chi connectivity index (χ0n) is 11.2. The van der Waals surface area contributed by atoms with E-state index in [4.69, 9.17) is 0 Å². The van der Waals surface area contributed by atoms with Crippen LogP contribution in [0.5, 0.6) is 0 Å². The molecule has 1 aromatic heterocycles. The number of carbonyl (C=O) groups excluding carboxylic acids is 1. The van der Waals surface area contributed by atoms with Crippen LogP contribution in [0.15, 0.2) is 48.5 Å². The SMILES string of the molecule is Cc1nc2ccc(NC(=O)Cc3ccccc3)cc2[nH]1. The molecule has 0 spiro atoms. The van der Waals surface area contributed by atoms with Gasteiger partial charge in [-0.1, -0.05) is 30.3 Å². The fourth-order valence-electron chi connectivity index (χ4n) is 2.20. The van der Waals surface area contributed by atoms with E-state index in [1.54, 1.807) is 0 Å². The van der Waals surface area contributed by atoms with Crippen molar-refractivity contribution in [3.63, 3.8) is 0 Å². The predicted octanol–water partition coefficient (Wildman–Crippen LogP) is 3.05. The number of H-pyrrole nitrogens is 1. The van der Waals surface area contributed by atoms with Crippen LogP contribution in [0.4, 0.5) is 5.69 Å². The Morgan fingerprint density at radius 3 is 2.80 bits per heavy atom. The molecule has 3 aromatic rings. The summed E-state index contributed by atoms with van der Waals surface area (Å²) in [6.07, 6.45) is 0.376. The van der Waals surface area contributed by atoms with Crippen molar-refractivity contribution in [1.82, 2.24) is 9.97 Å². The Bertz CT molecular complexity index is 747. The second-order valence-corrected chi connectivity index (χ2v) is 4.76. The second kappa shape index (κ2) is 5.17. The van der Waals surface area contributed by atoms with Crippen molar-refractivity contribution in [3.05, 3.63) is 59.9 Å². The molecule has 0 atom stereocenters. The molecule has 1 amide bonds. The van der Waals surface area contributed by atoms with Gasteiger partial charge in [-0.2, -0.15) is 0 Å². The number of rotatable bonds is 3. The number of anilines is 1. The van der Waals surface area contributed by atoms with Gasteiger partial charge in [-0.3, -0.25) is 4.79 Å². The monoisotopic (exact) mass is 265 g/mol. The molecule has 2 N–H and O–H groups in total. The van der Waals surface area contributed by atoms with Crippen LogP contribution in [0.1, 0.15) is 11.4 Å². The highest BCUT2D eigenvalue weighted by Crippen LogP contribution is 2.17. The third-order valence-electron chi connectivity index (χ3n) is 3.09. The van der Waals surface area contributed by atoms with E-state index in [9.17, 15) is 4.79 Å². The van der Waals surface area contributed by atoms with Crippen molar-refractivity contribution < 1.29 is 4.79 Å². The number of carbonyl (C=O) groups is 1. The molecule has 0 aliphatic heterocycles. The maximum atomic E-state index is 12.0. The second-order valence-electron chi connectivity index (χ2n) is 4.76. The lowest BCUT2D eigenvalue weighted by molar-refractivity contribution is -0.115. The zero-order chi connectivity index (χ0) is 13.9. The Hall–Kier alpha value is -2.62. The first-order chi connectivity index (χ1) is 9.70. The Morgan fingerprint density at radius 2 is 2.00 bits per heavy atom. The summed E-state index contributed by atoms with van der Waals surface area (Å²) in [4.78, 5) is 19.5. The number of hydrogen-bond acceptors (Lipinski definition) is 2. The number of nitrogens with zero attached hydrogens (tertiary/aromatic N) is 1. The van der Waals surface area contributed by atoms with Crippen LogP contribution in [0, 0.1) is 6.92 Å². The van der Waals surface area contributed by atoms with Gasteiger partial charge in [0.1, 0.15) is 5.82 Å². The molecular weight excluding hydrogens is 250 g/mol. The summed E-state index contributed by atoms with van der Waals surface area (Å²) in [6.45, 7) is 1.91. The van der Waals surface area contributed by atoms with Crippen LogP contribution in [-0.4, -0.2) is 15.9 Å². The quantitative estimate of drug-likeness (QED) is 0.764. The summed E-state index contributed by atoms with van der Waals surface area (Å²) in [7, 11) is 0. The van der Waals surface area contributed by atoms with Gasteiger partial charge in [0, 0.05) is 5.69 Å². The standard InChI is InChI=1S/C16H15N3O/c1-11-17-14-8-7-13(10-15(14)18-11)19-16(20)9-12-5-3-2-4-6-12/h2-8,10H,9H2,1H3,(H,17,18)(H,19,20). The number of nitrogens with one attached hydrogen (secondary N) is 2. The summed E-state index contributed by atoms with van der Waals surface area (Å²) in [5, 5.41) is 2.91. The van der Waals surface area contributed by atoms with E-state index in [0.717, 1.165) is 28.1 Å². The molecule has 0 radical (unpaired) electrons. The largest absolute Gasteiger partial charge is 0.342 e. The average molecular weight is 265 g/mol. The number of benzene rings is 2. The topological polar surface area (TPSA) is 57.8 Å². The highest BCUT2D eigenvalue weighted by molar-refractivity contribution is 5.94. The lowest BCUT2D eigenvalue weighted by atomic mass is 10.1. The van der Waals surface area contributed by atoms with Crippen LogP contribution in [0.25, 0.3) is 11.0 Å². The molecule has 4 heteroatoms. The van der Waals surface area contributed by atoms with Crippen molar-refractivity contribution in [2.75, 3.05) is 5.32 Å². The van der Waals surface area contributed by atoms with Crippen LogP contribution in [0.2, 0.25) is 0 Å². The number of aryl methyl sites for hydroxylation is 1. The summed E-state index contributed by atoms with van der Waals surface area (Å²) < 4.78 is 0. The minimum absolute atomic E-state index is 0.0215. The molecule has 4 nitrogen and oxygen atoms in total. The Labute approximate surface area is 116 Å². The zero-order valence-corrected chi connectivity index (χ0v) is 11.2. The van der Waals surface area contributed by atoms with Gasteiger partial charge in [-0.25, -0.2) is 4.98 Å². The number of hydrogen-bond donors (Lipinski definition) is 2. The first-order valence-corrected chi connectivity index (χ1v) is 6.51. The van der Waals surface area contributed by atoms with E-state index in [-0.39, 0.29) is 5.91 Å². The van der Waals surface area contributed by atoms with Gasteiger partial charge in [0.15, 0.2) is 0 Å². The van der Waals surface area contributed by atoms with Crippen molar-refractivity contribution in [2.45, 2.75) is 13.3 Å². The highest BCUT2D eigenvalue weighted by atomic mass is 16.1. The first kappa shape index (κ1) is 12.4. The minimum Gasteiger partial charge on any atom is -0.342 e. The average Bonchev–Trinajstić information content (AvgIpc) is 2.79. The van der Waals surface area contributed by atoms with Crippen LogP contribution >= 0.6 is 0 Å². The lowest BCUT2D eigenvalue weighted by Crippen LogP contribution is -2.14. The molecule has 0 aliphatic carbocycles. The third kappa shape index (κ3) is 2.69. The van der Waals surface area contributed by atoms with Gasteiger partial charge >= 0.3 is 0 Å². The number of aromatic amines is 1. The van der Waals surface area contributed by atoms with Gasteiger partial charge in [-0.15, -0.1) is 0 Å². The molecule has 100 valence electrons. The summed E-state index contributed by atoms with van der Waals surface area (Å²) in [5.41, 5.74) is 3.62. The molecule has 0 saturated carbocycles. The number of imidazole rings is 1. The maximum Gasteiger partial charge on any atom is 0.228 e. The third-order valence-corrected chi connectivity index (χ3v) is 3.09. The van der Waals surface area contributed by atoms with E-state index < -0.39 is 0 Å². The molecule has 0 fully saturated rings. The Morgan fingerprint density at radius 1 is 1.20 bits per heavy atom. The molecule has 2 aromatic carbocycles. The van der Waals surface area contributed by atoms with Crippen molar-refractivity contribution in [2.24, 2.45) is 0 Å². The Balaban J connectivity index is 1.74. The smallest absolute Gasteiger partial charge is 0.228 e. The summed E-state index contributed by atoms with van der Waals surface area (Å²) in [5.74, 6) is 0.847. The molecule has 0 saturated heterocycles. The fourth-order valence-corrected chi connectivity index (χ4v) is 2.20. The van der Waals surface area contributed by atoms with E-state index in [2.05, 4.69) is 15.3 Å². The highest BCUT2D eigenvalue weighted by Gasteiger charge is 2.05. The molecule has 0 bridgehead atoms. The molecular formula is C16H15N3O. The van der Waals surface area contributed by atoms with Crippen LogP contribution in [0.3, 0.4) is 0 Å². The van der Waals surface area contributed by atoms with E-state index >= 15 is 0 Å². The first-order valence-electron chi connectivity index (χ1n) is 6.51. The lowest BCUT2D eigenvalue weighted by Gasteiger charge is -2.05. The molecule has 0 unspecified atom stereocenters. The summed E-state index contributed by atoms with van der Waals surface area (Å²) in [6, 6.07) is 15.4. The molecule has 3 rings (SSSR count). The minimum atomic E-state index is -0.0215. The van der Waals surface area contributed by atoms with Crippen molar-refractivity contribution >= 4 is 22.6 Å². The Kier molecular flexibility index (Phi) is 3.21. The van der Waals surface area contributed by atoms with E-state index in [1.807, 2.05) is 55.5 Å². The maximum absolute atomic E-state index is 12.0. The van der Waals surface area contributed by atoms with Gasteiger partial charge in [0.05, 0.1) is 17.5 Å². The van der Waals surface area contributed by atoms with Gasteiger partial charge in [-0.05, 0) is 30.7 Å². The van der Waals surface area contributed by atoms with E-state index in [0.29, 0.717) is 6.42 Å². The molecule has 1 heterocycles. The van der Waals surface area contributed by atoms with Gasteiger partial charge in [0.25, 0.3) is 0 Å². The van der Waals surface area contributed by atoms with Crippen molar-refractivity contribution in [3.8, 4) is 0 Å².